The first kappa shape index (κ1) is 20.2. The van der Waals surface area contributed by atoms with Gasteiger partial charge in [-0.3, -0.25) is 4.79 Å². The van der Waals surface area contributed by atoms with Crippen molar-refractivity contribution >= 4 is 5.91 Å². The molecule has 3 rings (SSSR count). The highest BCUT2D eigenvalue weighted by molar-refractivity contribution is 5.85. The first-order chi connectivity index (χ1) is 13.0. The first-order valence-corrected chi connectivity index (χ1v) is 11.1. The van der Waals surface area contributed by atoms with Crippen LogP contribution in [0.1, 0.15) is 93.9 Å². The van der Waals surface area contributed by atoms with E-state index in [-0.39, 0.29) is 11.8 Å². The highest BCUT2D eigenvalue weighted by atomic mass is 16.2. The Kier molecular flexibility index (Phi) is 6.78. The number of carbonyl (C=O) groups is 1. The smallest absolute Gasteiger partial charge is 0.225 e. The molecule has 3 atom stereocenters. The van der Waals surface area contributed by atoms with Crippen LogP contribution in [0.5, 0.6) is 0 Å². The van der Waals surface area contributed by atoms with E-state index in [9.17, 15) is 4.79 Å². The third-order valence-electron chi connectivity index (χ3n) is 6.57. The number of allylic oxidation sites excluding steroid dienone is 2. The normalized spacial score (nSPS) is 25.0. The fraction of sp³-hybridized carbons (Fsp3) is 0.640. The van der Waals surface area contributed by atoms with Crippen LogP contribution in [0.3, 0.4) is 0 Å². The number of carbonyl (C=O) groups excluding carboxylic acids is 1. The molecule has 2 heteroatoms. The van der Waals surface area contributed by atoms with Crippen LogP contribution < -0.4 is 5.32 Å². The van der Waals surface area contributed by atoms with E-state index in [1.165, 1.54) is 67.2 Å². The zero-order chi connectivity index (χ0) is 19.4. The Bertz CT molecular complexity index is 703. The van der Waals surface area contributed by atoms with E-state index in [4.69, 9.17) is 0 Å². The topological polar surface area (TPSA) is 29.1 Å². The number of aryl methyl sites for hydroxylation is 2. The molecular formula is C25H37NO. The van der Waals surface area contributed by atoms with Crippen molar-refractivity contribution in [2.24, 2.45) is 5.92 Å². The molecule has 0 radical (unpaired) electrons. The van der Waals surface area contributed by atoms with E-state index >= 15 is 0 Å². The van der Waals surface area contributed by atoms with Crippen molar-refractivity contribution in [2.75, 3.05) is 0 Å². The summed E-state index contributed by atoms with van der Waals surface area (Å²) in [6, 6.07) is 5.22. The van der Waals surface area contributed by atoms with Crippen LogP contribution >= 0.6 is 0 Å². The van der Waals surface area contributed by atoms with Gasteiger partial charge in [-0.1, -0.05) is 50.5 Å². The van der Waals surface area contributed by atoms with E-state index in [0.717, 1.165) is 12.8 Å². The van der Waals surface area contributed by atoms with Gasteiger partial charge in [-0.15, -0.1) is 0 Å². The summed E-state index contributed by atoms with van der Waals surface area (Å²) in [4.78, 5) is 11.9. The zero-order valence-corrected chi connectivity index (χ0v) is 17.7. The number of β-lactam (4-membered cyclic amide) rings is 1. The molecule has 1 aliphatic heterocycles. The molecule has 0 saturated carbocycles. The van der Waals surface area contributed by atoms with Crippen molar-refractivity contribution in [2.45, 2.75) is 97.4 Å². The van der Waals surface area contributed by atoms with Gasteiger partial charge in [0.05, 0.1) is 5.92 Å². The number of unbranched alkanes of at least 4 members (excludes halogenated alkanes) is 2. The molecule has 1 aromatic carbocycles. The molecule has 1 fully saturated rings. The second-order valence-corrected chi connectivity index (χ2v) is 8.79. The van der Waals surface area contributed by atoms with Crippen LogP contribution in [0.2, 0.25) is 0 Å². The largest absolute Gasteiger partial charge is 0.352 e. The van der Waals surface area contributed by atoms with Gasteiger partial charge in [0.2, 0.25) is 5.91 Å². The lowest BCUT2D eigenvalue weighted by Gasteiger charge is -2.37. The molecule has 3 unspecified atom stereocenters. The van der Waals surface area contributed by atoms with Crippen LogP contribution in [-0.2, 0) is 17.6 Å². The van der Waals surface area contributed by atoms with E-state index in [1.807, 2.05) is 0 Å². The molecule has 0 spiro atoms. The molecule has 27 heavy (non-hydrogen) atoms. The van der Waals surface area contributed by atoms with Crippen LogP contribution in [0.4, 0.5) is 0 Å². The first-order valence-electron chi connectivity index (χ1n) is 11.1. The van der Waals surface area contributed by atoms with E-state index in [2.05, 4.69) is 51.2 Å². The van der Waals surface area contributed by atoms with Crippen molar-refractivity contribution < 1.29 is 4.79 Å². The maximum Gasteiger partial charge on any atom is 0.225 e. The third-order valence-corrected chi connectivity index (χ3v) is 6.57. The molecule has 1 saturated heterocycles. The van der Waals surface area contributed by atoms with E-state index in [1.54, 1.807) is 5.56 Å². The van der Waals surface area contributed by atoms with Gasteiger partial charge in [-0.25, -0.2) is 0 Å². The fourth-order valence-electron chi connectivity index (χ4n) is 5.09. The Hall–Kier alpha value is -1.57. The summed E-state index contributed by atoms with van der Waals surface area (Å²) in [7, 11) is 0. The van der Waals surface area contributed by atoms with Crippen LogP contribution in [0.25, 0.3) is 0 Å². The van der Waals surface area contributed by atoms with Gasteiger partial charge >= 0.3 is 0 Å². The Morgan fingerprint density at radius 2 is 1.96 bits per heavy atom. The van der Waals surface area contributed by atoms with Crippen molar-refractivity contribution in [3.8, 4) is 0 Å². The van der Waals surface area contributed by atoms with Crippen LogP contribution in [-0.4, -0.2) is 11.9 Å². The summed E-state index contributed by atoms with van der Waals surface area (Å²) < 4.78 is 0. The average Bonchev–Trinajstić information content (AvgIpc) is 2.61. The second-order valence-electron chi connectivity index (χ2n) is 8.79. The van der Waals surface area contributed by atoms with Crippen LogP contribution in [0.15, 0.2) is 23.8 Å². The Balaban J connectivity index is 1.90. The predicted octanol–water partition coefficient (Wildman–Crippen LogP) is 6.01. The zero-order valence-electron chi connectivity index (χ0n) is 17.7. The summed E-state index contributed by atoms with van der Waals surface area (Å²) in [6.45, 7) is 8.98. The number of nitrogens with one attached hydrogen (secondary N) is 1. The molecule has 2 aliphatic rings. The van der Waals surface area contributed by atoms with Crippen LogP contribution in [0, 0.1) is 12.8 Å². The maximum absolute atomic E-state index is 11.9. The second kappa shape index (κ2) is 9.08. The lowest BCUT2D eigenvalue weighted by Crippen LogP contribution is -2.58. The van der Waals surface area contributed by atoms with Gasteiger partial charge < -0.3 is 5.32 Å². The van der Waals surface area contributed by atoms with Gasteiger partial charge in [-0.05, 0) is 81.0 Å². The van der Waals surface area contributed by atoms with Crippen molar-refractivity contribution in [3.05, 3.63) is 46.0 Å². The summed E-state index contributed by atoms with van der Waals surface area (Å²) in [5.41, 5.74) is 7.50. The summed E-state index contributed by atoms with van der Waals surface area (Å²) >= 11 is 0. The monoisotopic (exact) mass is 367 g/mol. The SMILES string of the molecule is CCCCCc1cc(C)c(C2C=C(C)CCC2)c(CC2NC(=O)C2CC)c1. The molecular weight excluding hydrogens is 330 g/mol. The summed E-state index contributed by atoms with van der Waals surface area (Å²) in [6.07, 6.45) is 13.3. The molecule has 1 aromatic rings. The third kappa shape index (κ3) is 4.65. The van der Waals surface area contributed by atoms with Gasteiger partial charge in [0, 0.05) is 12.0 Å². The molecule has 148 valence electrons. The molecule has 1 heterocycles. The lowest BCUT2D eigenvalue weighted by atomic mass is 9.77. The Labute approximate surface area is 165 Å². The number of amides is 1. The number of hydrogen-bond donors (Lipinski definition) is 1. The van der Waals surface area contributed by atoms with Crippen molar-refractivity contribution in [3.63, 3.8) is 0 Å². The van der Waals surface area contributed by atoms with Crippen molar-refractivity contribution in [1.82, 2.24) is 5.32 Å². The van der Waals surface area contributed by atoms with E-state index in [0.29, 0.717) is 12.0 Å². The number of rotatable bonds is 8. The van der Waals surface area contributed by atoms with Gasteiger partial charge in [0.15, 0.2) is 0 Å². The lowest BCUT2D eigenvalue weighted by molar-refractivity contribution is -0.135. The Morgan fingerprint density at radius 1 is 1.15 bits per heavy atom. The molecule has 2 nitrogen and oxygen atoms in total. The molecule has 1 amide bonds. The summed E-state index contributed by atoms with van der Waals surface area (Å²) in [5.74, 6) is 0.994. The van der Waals surface area contributed by atoms with E-state index < -0.39 is 0 Å². The summed E-state index contributed by atoms with van der Waals surface area (Å²) in [5, 5.41) is 3.17. The van der Waals surface area contributed by atoms with Gasteiger partial charge in [-0.2, -0.15) is 0 Å². The Morgan fingerprint density at radius 3 is 2.63 bits per heavy atom. The average molecular weight is 368 g/mol. The molecule has 1 N–H and O–H groups in total. The van der Waals surface area contributed by atoms with Crippen molar-refractivity contribution in [1.29, 1.82) is 0 Å². The standard InChI is InChI=1S/C25H37NO/c1-5-7-8-11-19-14-18(4)24(20-12-9-10-17(3)13-20)21(15-19)16-23-22(6-2)25(27)26-23/h13-15,20,22-23H,5-12,16H2,1-4H3,(H,26,27). The highest BCUT2D eigenvalue weighted by Gasteiger charge is 2.38. The fourth-order valence-corrected chi connectivity index (χ4v) is 5.09. The molecule has 0 bridgehead atoms. The van der Waals surface area contributed by atoms with Gasteiger partial charge in [0.25, 0.3) is 0 Å². The highest BCUT2D eigenvalue weighted by Crippen LogP contribution is 2.37. The maximum atomic E-state index is 11.9. The minimum atomic E-state index is 0.200. The predicted molar refractivity (Wildman–Crippen MR) is 114 cm³/mol. The number of benzene rings is 1. The number of hydrogen-bond acceptors (Lipinski definition) is 1. The quantitative estimate of drug-likeness (QED) is 0.340. The minimum Gasteiger partial charge on any atom is -0.352 e. The minimum absolute atomic E-state index is 0.200. The molecule has 1 aliphatic carbocycles. The molecule has 0 aromatic heterocycles. The van der Waals surface area contributed by atoms with Gasteiger partial charge in [0.1, 0.15) is 0 Å².